The van der Waals surface area contributed by atoms with E-state index in [0.717, 1.165) is 4.31 Å². The van der Waals surface area contributed by atoms with Gasteiger partial charge in [-0.3, -0.25) is 0 Å². The van der Waals surface area contributed by atoms with Crippen molar-refractivity contribution in [2.24, 2.45) is 0 Å². The van der Waals surface area contributed by atoms with Crippen LogP contribution in [0.15, 0.2) is 21.6 Å². The van der Waals surface area contributed by atoms with E-state index in [9.17, 15) is 8.42 Å². The minimum Gasteiger partial charge on any atom is -0.242 e. The molecule has 0 fully saturated rings. The van der Waals surface area contributed by atoms with Gasteiger partial charge in [0.2, 0.25) is 10.0 Å². The van der Waals surface area contributed by atoms with Crippen molar-refractivity contribution < 1.29 is 8.42 Å². The van der Waals surface area contributed by atoms with Gasteiger partial charge in [0, 0.05) is 17.2 Å². The van der Waals surface area contributed by atoms with Crippen LogP contribution in [0.1, 0.15) is 6.92 Å². The van der Waals surface area contributed by atoms with Crippen LogP contribution in [0.5, 0.6) is 0 Å². The van der Waals surface area contributed by atoms with Crippen molar-refractivity contribution in [1.29, 1.82) is 0 Å². The van der Waals surface area contributed by atoms with Crippen molar-refractivity contribution in [2.75, 3.05) is 13.1 Å². The van der Waals surface area contributed by atoms with Gasteiger partial charge in [-0.1, -0.05) is 24.4 Å². The third kappa shape index (κ3) is 3.19. The first-order valence-electron chi connectivity index (χ1n) is 4.68. The Morgan fingerprint density at radius 2 is 2.29 bits per heavy atom. The lowest BCUT2D eigenvalue weighted by Gasteiger charge is -2.18. The van der Waals surface area contributed by atoms with E-state index in [4.69, 9.17) is 18.0 Å². The molecule has 0 unspecified atom stereocenters. The van der Waals surface area contributed by atoms with Crippen molar-refractivity contribution in [1.82, 2.24) is 9.29 Å². The molecule has 4 nitrogen and oxygen atoms in total. The topological polar surface area (TPSA) is 50.3 Å². The lowest BCUT2D eigenvalue weighted by molar-refractivity contribution is 0.464. The predicted molar refractivity (Wildman–Crippen MR) is 70.2 cm³/mol. The molecule has 0 saturated heterocycles. The Hall–Kier alpha value is -0.610. The Balaban J connectivity index is 3.30. The molecule has 0 aliphatic rings. The summed E-state index contributed by atoms with van der Waals surface area (Å²) in [4.78, 5) is 3.73. The monoisotopic (exact) mass is 336 g/mol. The normalized spacial score (nSPS) is 11.5. The first-order valence-corrected chi connectivity index (χ1v) is 7.29. The molecule has 0 aromatic carbocycles. The molecule has 1 aromatic heterocycles. The van der Waals surface area contributed by atoms with E-state index in [1.165, 1.54) is 12.3 Å². The summed E-state index contributed by atoms with van der Waals surface area (Å²) in [6, 6.07) is 1.41. The van der Waals surface area contributed by atoms with E-state index in [0.29, 0.717) is 4.47 Å². The van der Waals surface area contributed by atoms with Crippen LogP contribution in [0, 0.1) is 12.3 Å². The second kappa shape index (κ2) is 5.83. The summed E-state index contributed by atoms with van der Waals surface area (Å²) >= 11 is 8.95. The highest BCUT2D eigenvalue weighted by molar-refractivity contribution is 9.10. The van der Waals surface area contributed by atoms with Crippen molar-refractivity contribution in [3.8, 4) is 12.3 Å². The van der Waals surface area contributed by atoms with Crippen LogP contribution in [0.25, 0.3) is 0 Å². The van der Waals surface area contributed by atoms with Crippen molar-refractivity contribution in [3.05, 3.63) is 21.9 Å². The highest BCUT2D eigenvalue weighted by Gasteiger charge is 2.25. The number of hydrogen-bond donors (Lipinski definition) is 0. The van der Waals surface area contributed by atoms with Gasteiger partial charge >= 0.3 is 0 Å². The van der Waals surface area contributed by atoms with Crippen LogP contribution in [0.2, 0.25) is 5.15 Å². The summed E-state index contributed by atoms with van der Waals surface area (Å²) in [5.41, 5.74) is 0. The lowest BCUT2D eigenvalue weighted by Crippen LogP contribution is -2.31. The smallest absolute Gasteiger partial charge is 0.242 e. The molecule has 0 spiro atoms. The van der Waals surface area contributed by atoms with E-state index in [-0.39, 0.29) is 23.1 Å². The van der Waals surface area contributed by atoms with Crippen LogP contribution in [0.3, 0.4) is 0 Å². The van der Waals surface area contributed by atoms with Crippen LogP contribution >= 0.6 is 27.5 Å². The summed E-state index contributed by atoms with van der Waals surface area (Å²) in [5, 5.41) is -0.0660. The molecule has 0 saturated carbocycles. The molecule has 1 rings (SSSR count). The highest BCUT2D eigenvalue weighted by atomic mass is 79.9. The van der Waals surface area contributed by atoms with Gasteiger partial charge < -0.3 is 0 Å². The number of aromatic nitrogens is 1. The summed E-state index contributed by atoms with van der Waals surface area (Å²) in [7, 11) is -3.70. The van der Waals surface area contributed by atoms with Gasteiger partial charge in [-0.25, -0.2) is 13.4 Å². The van der Waals surface area contributed by atoms with Gasteiger partial charge in [0.15, 0.2) is 0 Å². The number of halogens is 2. The molecular weight excluding hydrogens is 328 g/mol. The molecule has 0 amide bonds. The van der Waals surface area contributed by atoms with E-state index in [1.54, 1.807) is 6.92 Å². The van der Waals surface area contributed by atoms with E-state index in [2.05, 4.69) is 26.8 Å². The lowest BCUT2D eigenvalue weighted by atomic mass is 10.5. The third-order valence-electron chi connectivity index (χ3n) is 2.01. The average Bonchev–Trinajstić information content (AvgIpc) is 2.28. The second-order valence-corrected chi connectivity index (χ2v) is 6.26. The average molecular weight is 338 g/mol. The molecule has 0 atom stereocenters. The Morgan fingerprint density at radius 1 is 1.65 bits per heavy atom. The van der Waals surface area contributed by atoms with Crippen molar-refractivity contribution >= 4 is 37.6 Å². The standard InChI is InChI=1S/C10H10BrClN2O2S/c1-3-5-14(4-2)17(15,16)9-6-8(11)7-13-10(9)12/h1,6-7H,4-5H2,2H3. The molecule has 7 heteroatoms. The Morgan fingerprint density at radius 3 is 2.82 bits per heavy atom. The Bertz CT molecular complexity index is 554. The fraction of sp³-hybridized carbons (Fsp3) is 0.300. The molecule has 0 N–H and O–H groups in total. The quantitative estimate of drug-likeness (QED) is 0.625. The fourth-order valence-electron chi connectivity index (χ4n) is 1.19. The SMILES string of the molecule is C#CCN(CC)S(=O)(=O)c1cc(Br)cnc1Cl. The zero-order valence-electron chi connectivity index (χ0n) is 9.02. The zero-order valence-corrected chi connectivity index (χ0v) is 12.2. The maximum absolute atomic E-state index is 12.2. The Labute approximate surface area is 114 Å². The van der Waals surface area contributed by atoms with Crippen molar-refractivity contribution in [3.63, 3.8) is 0 Å². The summed E-state index contributed by atoms with van der Waals surface area (Å²) in [6.45, 7) is 1.98. The molecule has 0 aliphatic heterocycles. The highest BCUT2D eigenvalue weighted by Crippen LogP contribution is 2.25. The Kier molecular flexibility index (Phi) is 4.95. The number of terminal acetylenes is 1. The van der Waals surface area contributed by atoms with Crippen LogP contribution in [-0.4, -0.2) is 30.8 Å². The number of pyridine rings is 1. The summed E-state index contributed by atoms with van der Waals surface area (Å²) in [6.07, 6.45) is 6.56. The molecule has 17 heavy (non-hydrogen) atoms. The molecule has 1 heterocycles. The largest absolute Gasteiger partial charge is 0.247 e. The molecular formula is C10H10BrClN2O2S. The summed E-state index contributed by atoms with van der Waals surface area (Å²) in [5.74, 6) is 2.30. The fourth-order valence-corrected chi connectivity index (χ4v) is 3.48. The maximum Gasteiger partial charge on any atom is 0.247 e. The first kappa shape index (κ1) is 14.5. The van der Waals surface area contributed by atoms with Gasteiger partial charge in [-0.15, -0.1) is 6.42 Å². The number of hydrogen-bond acceptors (Lipinski definition) is 3. The van der Waals surface area contributed by atoms with Crippen LogP contribution in [0.4, 0.5) is 0 Å². The van der Waals surface area contributed by atoms with Crippen LogP contribution in [-0.2, 0) is 10.0 Å². The van der Waals surface area contributed by atoms with Crippen LogP contribution < -0.4 is 0 Å². The van der Waals surface area contributed by atoms with Gasteiger partial charge in [0.25, 0.3) is 0 Å². The summed E-state index contributed by atoms with van der Waals surface area (Å²) < 4.78 is 26.1. The van der Waals surface area contributed by atoms with E-state index in [1.807, 2.05) is 0 Å². The van der Waals surface area contributed by atoms with Crippen molar-refractivity contribution in [2.45, 2.75) is 11.8 Å². The predicted octanol–water partition coefficient (Wildman–Crippen LogP) is 2.14. The van der Waals surface area contributed by atoms with Gasteiger partial charge in [-0.2, -0.15) is 4.31 Å². The minimum absolute atomic E-state index is 0.00166. The molecule has 0 radical (unpaired) electrons. The minimum atomic E-state index is -3.70. The number of rotatable bonds is 4. The zero-order chi connectivity index (χ0) is 13.1. The van der Waals surface area contributed by atoms with Gasteiger partial charge in [-0.05, 0) is 22.0 Å². The number of sulfonamides is 1. The van der Waals surface area contributed by atoms with E-state index < -0.39 is 10.0 Å². The number of nitrogens with zero attached hydrogens (tertiary/aromatic N) is 2. The molecule has 1 aromatic rings. The first-order chi connectivity index (χ1) is 7.93. The van der Waals surface area contributed by atoms with Gasteiger partial charge in [0.05, 0.1) is 6.54 Å². The molecule has 92 valence electrons. The third-order valence-corrected chi connectivity index (χ3v) is 4.79. The van der Waals surface area contributed by atoms with Gasteiger partial charge in [0.1, 0.15) is 10.0 Å². The van der Waals surface area contributed by atoms with E-state index >= 15 is 0 Å². The second-order valence-electron chi connectivity index (χ2n) is 3.08. The maximum atomic E-state index is 12.2. The molecule has 0 bridgehead atoms. The molecule has 0 aliphatic carbocycles.